The molecule has 108 valence electrons. The van der Waals surface area contributed by atoms with Gasteiger partial charge in [-0.1, -0.05) is 0 Å². The molecule has 3 heterocycles. The molecule has 0 aliphatic carbocycles. The summed E-state index contributed by atoms with van der Waals surface area (Å²) in [5.41, 5.74) is 1.01. The number of hydrogen-bond donors (Lipinski definition) is 1. The highest BCUT2D eigenvalue weighted by atomic mass is 19.1. The standard InChI is InChI=1S/C16H21FN2O/c17-12-3-4-16-11(8-12)9-13(20-16)10-18-14-5-7-19-6-1-2-15(14)19/h3-4,8,13-15,18H,1-2,5-7,9-10H2. The fourth-order valence-electron chi connectivity index (χ4n) is 4.01. The average molecular weight is 276 g/mol. The van der Waals surface area contributed by atoms with Gasteiger partial charge in [0.1, 0.15) is 17.7 Å². The molecule has 2 fully saturated rings. The second-order valence-corrected chi connectivity index (χ2v) is 6.24. The minimum Gasteiger partial charge on any atom is -0.488 e. The maximum absolute atomic E-state index is 13.2. The molecule has 3 aliphatic rings. The number of nitrogens with zero attached hydrogens (tertiary/aromatic N) is 1. The lowest BCUT2D eigenvalue weighted by Crippen LogP contribution is -2.43. The van der Waals surface area contributed by atoms with Gasteiger partial charge in [-0.15, -0.1) is 0 Å². The first-order valence-corrected chi connectivity index (χ1v) is 7.72. The molecule has 1 N–H and O–H groups in total. The number of rotatable bonds is 3. The average Bonchev–Trinajstić information content (AvgIpc) is 3.10. The van der Waals surface area contributed by atoms with Gasteiger partial charge < -0.3 is 10.1 Å². The summed E-state index contributed by atoms with van der Waals surface area (Å²) in [5.74, 6) is 0.686. The van der Waals surface area contributed by atoms with Gasteiger partial charge >= 0.3 is 0 Å². The quantitative estimate of drug-likeness (QED) is 0.913. The van der Waals surface area contributed by atoms with E-state index in [1.54, 1.807) is 12.1 Å². The molecule has 0 saturated carbocycles. The van der Waals surface area contributed by atoms with Crippen LogP contribution >= 0.6 is 0 Å². The predicted octanol–water partition coefficient (Wildman–Crippen LogP) is 1.96. The Morgan fingerprint density at radius 1 is 1.30 bits per heavy atom. The molecule has 20 heavy (non-hydrogen) atoms. The second kappa shape index (κ2) is 5.01. The Morgan fingerprint density at radius 2 is 2.25 bits per heavy atom. The summed E-state index contributed by atoms with van der Waals surface area (Å²) in [6, 6.07) is 6.17. The van der Waals surface area contributed by atoms with Crippen molar-refractivity contribution in [2.75, 3.05) is 19.6 Å². The zero-order chi connectivity index (χ0) is 13.5. The van der Waals surface area contributed by atoms with E-state index >= 15 is 0 Å². The van der Waals surface area contributed by atoms with E-state index in [0.29, 0.717) is 6.04 Å². The van der Waals surface area contributed by atoms with Crippen molar-refractivity contribution in [1.29, 1.82) is 0 Å². The van der Waals surface area contributed by atoms with Crippen molar-refractivity contribution in [3.63, 3.8) is 0 Å². The van der Waals surface area contributed by atoms with Crippen LogP contribution in [0.3, 0.4) is 0 Å². The van der Waals surface area contributed by atoms with Crippen molar-refractivity contribution < 1.29 is 9.13 Å². The summed E-state index contributed by atoms with van der Waals surface area (Å²) in [6.07, 6.45) is 4.89. The Labute approximate surface area is 119 Å². The van der Waals surface area contributed by atoms with Crippen molar-refractivity contribution in [1.82, 2.24) is 10.2 Å². The molecule has 3 aliphatic heterocycles. The Bertz CT molecular complexity index is 507. The molecule has 0 radical (unpaired) electrons. The number of hydrogen-bond acceptors (Lipinski definition) is 3. The molecule has 0 amide bonds. The van der Waals surface area contributed by atoms with E-state index in [1.807, 2.05) is 0 Å². The van der Waals surface area contributed by atoms with Gasteiger partial charge in [0.25, 0.3) is 0 Å². The summed E-state index contributed by atoms with van der Waals surface area (Å²) >= 11 is 0. The Morgan fingerprint density at radius 3 is 3.20 bits per heavy atom. The monoisotopic (exact) mass is 276 g/mol. The van der Waals surface area contributed by atoms with E-state index in [2.05, 4.69) is 10.2 Å². The Balaban J connectivity index is 1.33. The van der Waals surface area contributed by atoms with E-state index < -0.39 is 0 Å². The van der Waals surface area contributed by atoms with Gasteiger partial charge in [-0.05, 0) is 44.0 Å². The van der Waals surface area contributed by atoms with Gasteiger partial charge in [0.15, 0.2) is 0 Å². The van der Waals surface area contributed by atoms with Crippen LogP contribution in [0.2, 0.25) is 0 Å². The third-order valence-electron chi connectivity index (χ3n) is 4.98. The zero-order valence-electron chi connectivity index (χ0n) is 11.6. The van der Waals surface area contributed by atoms with Crippen molar-refractivity contribution in [3.05, 3.63) is 29.6 Å². The van der Waals surface area contributed by atoms with Gasteiger partial charge in [0, 0.05) is 37.2 Å². The lowest BCUT2D eigenvalue weighted by Gasteiger charge is -2.22. The molecule has 1 aromatic carbocycles. The molecule has 3 nitrogen and oxygen atoms in total. The molecule has 2 saturated heterocycles. The number of ether oxygens (including phenoxy) is 1. The van der Waals surface area contributed by atoms with Crippen LogP contribution in [0.5, 0.6) is 5.75 Å². The van der Waals surface area contributed by atoms with Crippen LogP contribution in [0.4, 0.5) is 4.39 Å². The van der Waals surface area contributed by atoms with Crippen molar-refractivity contribution in [3.8, 4) is 5.75 Å². The normalized spacial score (nSPS) is 32.1. The number of nitrogens with one attached hydrogen (secondary N) is 1. The largest absolute Gasteiger partial charge is 0.488 e. The van der Waals surface area contributed by atoms with E-state index in [9.17, 15) is 4.39 Å². The third kappa shape index (κ3) is 2.21. The van der Waals surface area contributed by atoms with Gasteiger partial charge in [0.2, 0.25) is 0 Å². The van der Waals surface area contributed by atoms with E-state index in [0.717, 1.165) is 30.3 Å². The SMILES string of the molecule is Fc1ccc2c(c1)CC(CNC1CCN3CCCC13)O2. The van der Waals surface area contributed by atoms with Crippen LogP contribution in [-0.4, -0.2) is 42.7 Å². The van der Waals surface area contributed by atoms with Crippen LogP contribution in [0.1, 0.15) is 24.8 Å². The van der Waals surface area contributed by atoms with Crippen molar-refractivity contribution >= 4 is 0 Å². The summed E-state index contributed by atoms with van der Waals surface area (Å²) in [6.45, 7) is 3.37. The highest BCUT2D eigenvalue weighted by Gasteiger charge is 2.37. The zero-order valence-corrected chi connectivity index (χ0v) is 11.6. The maximum Gasteiger partial charge on any atom is 0.123 e. The molecule has 0 aromatic heterocycles. The lowest BCUT2D eigenvalue weighted by molar-refractivity contribution is 0.214. The molecule has 0 bridgehead atoms. The molecular formula is C16H21FN2O. The van der Waals surface area contributed by atoms with E-state index in [4.69, 9.17) is 4.74 Å². The minimum atomic E-state index is -0.168. The molecule has 1 aromatic rings. The van der Waals surface area contributed by atoms with Crippen LogP contribution < -0.4 is 10.1 Å². The highest BCUT2D eigenvalue weighted by Crippen LogP contribution is 2.30. The Kier molecular flexibility index (Phi) is 3.15. The van der Waals surface area contributed by atoms with Crippen molar-refractivity contribution in [2.45, 2.75) is 43.9 Å². The molecular weight excluding hydrogens is 255 g/mol. The van der Waals surface area contributed by atoms with E-state index in [1.165, 1.54) is 38.4 Å². The first kappa shape index (κ1) is 12.6. The van der Waals surface area contributed by atoms with Crippen LogP contribution in [0.15, 0.2) is 18.2 Å². The van der Waals surface area contributed by atoms with Crippen LogP contribution in [0.25, 0.3) is 0 Å². The fourth-order valence-corrected chi connectivity index (χ4v) is 4.01. The van der Waals surface area contributed by atoms with Crippen molar-refractivity contribution in [2.24, 2.45) is 0 Å². The first-order valence-electron chi connectivity index (χ1n) is 7.72. The second-order valence-electron chi connectivity index (χ2n) is 6.24. The highest BCUT2D eigenvalue weighted by molar-refractivity contribution is 5.37. The maximum atomic E-state index is 13.2. The summed E-state index contributed by atoms with van der Waals surface area (Å²) < 4.78 is 19.1. The molecule has 0 spiro atoms. The van der Waals surface area contributed by atoms with Gasteiger partial charge in [0.05, 0.1) is 0 Å². The van der Waals surface area contributed by atoms with Crippen LogP contribution in [-0.2, 0) is 6.42 Å². The number of fused-ring (bicyclic) bond motifs is 2. The molecule has 3 unspecified atom stereocenters. The van der Waals surface area contributed by atoms with Crippen LogP contribution in [0, 0.1) is 5.82 Å². The lowest BCUT2D eigenvalue weighted by atomic mass is 10.1. The Hall–Kier alpha value is -1.13. The van der Waals surface area contributed by atoms with Gasteiger partial charge in [-0.25, -0.2) is 4.39 Å². The number of halogens is 1. The first-order chi connectivity index (χ1) is 9.79. The molecule has 4 heteroatoms. The van der Waals surface area contributed by atoms with Gasteiger partial charge in [-0.2, -0.15) is 0 Å². The summed E-state index contributed by atoms with van der Waals surface area (Å²) in [4.78, 5) is 2.61. The summed E-state index contributed by atoms with van der Waals surface area (Å²) in [7, 11) is 0. The topological polar surface area (TPSA) is 24.5 Å². The number of benzene rings is 1. The predicted molar refractivity (Wildman–Crippen MR) is 75.5 cm³/mol. The molecule has 4 rings (SSSR count). The summed E-state index contributed by atoms with van der Waals surface area (Å²) in [5, 5.41) is 3.68. The minimum absolute atomic E-state index is 0.155. The fraction of sp³-hybridized carbons (Fsp3) is 0.625. The third-order valence-corrected chi connectivity index (χ3v) is 4.98. The smallest absolute Gasteiger partial charge is 0.123 e. The molecule has 3 atom stereocenters. The van der Waals surface area contributed by atoms with Gasteiger partial charge in [-0.3, -0.25) is 4.90 Å². The van der Waals surface area contributed by atoms with E-state index in [-0.39, 0.29) is 11.9 Å².